The summed E-state index contributed by atoms with van der Waals surface area (Å²) in [7, 11) is 1.65. The van der Waals surface area contributed by atoms with Gasteiger partial charge in [0.25, 0.3) is 5.91 Å². The minimum absolute atomic E-state index is 0.0475. The summed E-state index contributed by atoms with van der Waals surface area (Å²) in [5.74, 6) is 0.750. The van der Waals surface area contributed by atoms with Gasteiger partial charge in [-0.15, -0.1) is 0 Å². The van der Waals surface area contributed by atoms with E-state index >= 15 is 0 Å². The molecule has 0 saturated carbocycles. The number of carbonyl (C=O) groups excluding carboxylic acids is 1. The molecule has 1 N–H and O–H groups in total. The third-order valence-corrected chi connectivity index (χ3v) is 5.43. The normalized spacial score (nSPS) is 16.0. The van der Waals surface area contributed by atoms with Crippen LogP contribution in [0.25, 0.3) is 11.6 Å². The van der Waals surface area contributed by atoms with Gasteiger partial charge in [-0.2, -0.15) is 0 Å². The zero-order valence-corrected chi connectivity index (χ0v) is 16.6. The minimum Gasteiger partial charge on any atom is -0.497 e. The molecule has 1 amide bonds. The van der Waals surface area contributed by atoms with E-state index < -0.39 is 0 Å². The predicted molar refractivity (Wildman–Crippen MR) is 118 cm³/mol. The third-order valence-electron chi connectivity index (χ3n) is 5.43. The summed E-state index contributed by atoms with van der Waals surface area (Å²) in [6.45, 7) is 0. The third kappa shape index (κ3) is 4.40. The molecule has 3 nitrogen and oxygen atoms in total. The summed E-state index contributed by atoms with van der Waals surface area (Å²) >= 11 is 0. The quantitative estimate of drug-likeness (QED) is 0.471. The number of hydrogen-bond donors (Lipinski definition) is 1. The van der Waals surface area contributed by atoms with Crippen molar-refractivity contribution in [3.63, 3.8) is 0 Å². The number of fused-ring (bicyclic) bond motifs is 1. The number of carbonyl (C=O) groups is 1. The fourth-order valence-electron chi connectivity index (χ4n) is 3.90. The van der Waals surface area contributed by atoms with Gasteiger partial charge in [-0.1, -0.05) is 66.7 Å². The van der Waals surface area contributed by atoms with Crippen molar-refractivity contribution in [2.24, 2.45) is 0 Å². The lowest BCUT2D eigenvalue weighted by atomic mass is 9.87. The Morgan fingerprint density at radius 1 is 0.966 bits per heavy atom. The van der Waals surface area contributed by atoms with Gasteiger partial charge in [0, 0.05) is 5.57 Å². The zero-order valence-electron chi connectivity index (χ0n) is 16.6. The lowest BCUT2D eigenvalue weighted by molar-refractivity contribution is -0.116. The highest BCUT2D eigenvalue weighted by Crippen LogP contribution is 2.30. The number of methoxy groups -OCH3 is 1. The molecular weight excluding hydrogens is 358 g/mol. The molecule has 29 heavy (non-hydrogen) atoms. The lowest BCUT2D eigenvalue weighted by Crippen LogP contribution is -2.31. The first-order chi connectivity index (χ1) is 14.2. The van der Waals surface area contributed by atoms with Crippen molar-refractivity contribution in [2.75, 3.05) is 7.11 Å². The number of ether oxygens (including phenoxy) is 1. The summed E-state index contributed by atoms with van der Waals surface area (Å²) in [5, 5.41) is 3.28. The largest absolute Gasteiger partial charge is 0.497 e. The van der Waals surface area contributed by atoms with Crippen LogP contribution in [0.15, 0.2) is 78.9 Å². The summed E-state index contributed by atoms with van der Waals surface area (Å²) in [4.78, 5) is 13.3. The van der Waals surface area contributed by atoms with Crippen molar-refractivity contribution in [3.05, 3.63) is 101 Å². The van der Waals surface area contributed by atoms with Crippen molar-refractivity contribution in [2.45, 2.75) is 25.3 Å². The molecule has 3 heteroatoms. The fourth-order valence-corrected chi connectivity index (χ4v) is 3.90. The van der Waals surface area contributed by atoms with E-state index in [9.17, 15) is 4.79 Å². The molecule has 0 fully saturated rings. The van der Waals surface area contributed by atoms with Crippen molar-refractivity contribution >= 4 is 17.6 Å². The number of aryl methyl sites for hydroxylation is 1. The van der Waals surface area contributed by atoms with Gasteiger partial charge in [-0.25, -0.2) is 0 Å². The van der Waals surface area contributed by atoms with Gasteiger partial charge < -0.3 is 10.1 Å². The highest BCUT2D eigenvalue weighted by Gasteiger charge is 2.23. The molecule has 0 spiro atoms. The molecule has 3 aromatic carbocycles. The van der Waals surface area contributed by atoms with Gasteiger partial charge in [0.2, 0.25) is 0 Å². The van der Waals surface area contributed by atoms with E-state index in [1.807, 2.05) is 60.7 Å². The molecule has 1 aliphatic rings. The molecule has 0 aliphatic heterocycles. The molecule has 0 aromatic heterocycles. The first kappa shape index (κ1) is 19.0. The van der Waals surface area contributed by atoms with Crippen LogP contribution >= 0.6 is 0 Å². The van der Waals surface area contributed by atoms with E-state index in [-0.39, 0.29) is 11.9 Å². The number of rotatable bonds is 5. The average molecular weight is 383 g/mol. The van der Waals surface area contributed by atoms with E-state index in [1.54, 1.807) is 7.11 Å². The average Bonchev–Trinajstić information content (AvgIpc) is 2.78. The maximum atomic E-state index is 13.3. The van der Waals surface area contributed by atoms with Gasteiger partial charge in [0.1, 0.15) is 5.75 Å². The molecule has 3 aromatic rings. The first-order valence-electron chi connectivity index (χ1n) is 10.0. The molecule has 1 unspecified atom stereocenters. The lowest BCUT2D eigenvalue weighted by Gasteiger charge is -2.27. The molecule has 0 radical (unpaired) electrons. The Hall–Kier alpha value is -3.33. The number of nitrogens with one attached hydrogen (secondary N) is 1. The SMILES string of the molecule is COc1ccc(/C=C(/C(=O)NC2CCCc3ccccc32)c2ccccc2)cc1. The Bertz CT molecular complexity index is 1010. The van der Waals surface area contributed by atoms with Crippen molar-refractivity contribution < 1.29 is 9.53 Å². The van der Waals surface area contributed by atoms with Crippen LogP contribution in [0.2, 0.25) is 0 Å². The van der Waals surface area contributed by atoms with E-state index in [0.29, 0.717) is 5.57 Å². The molecule has 0 heterocycles. The smallest absolute Gasteiger partial charge is 0.252 e. The van der Waals surface area contributed by atoms with Crippen LogP contribution in [0.1, 0.15) is 41.1 Å². The second kappa shape index (κ2) is 8.78. The summed E-state index contributed by atoms with van der Waals surface area (Å²) in [6, 6.07) is 26.0. The topological polar surface area (TPSA) is 38.3 Å². The molecule has 1 atom stereocenters. The standard InChI is InChI=1S/C26H25NO2/c1-29-22-16-14-19(15-17-22)18-24(21-8-3-2-4-9-21)26(28)27-25-13-7-11-20-10-5-6-12-23(20)25/h2-6,8-10,12,14-18,25H,7,11,13H2,1H3,(H,27,28)/b24-18+. The van der Waals surface area contributed by atoms with Crippen LogP contribution in [0.3, 0.4) is 0 Å². The fraction of sp³-hybridized carbons (Fsp3) is 0.192. The number of amides is 1. The predicted octanol–water partition coefficient (Wildman–Crippen LogP) is 5.43. The van der Waals surface area contributed by atoms with Gasteiger partial charge in [0.15, 0.2) is 0 Å². The van der Waals surface area contributed by atoms with E-state index in [2.05, 4.69) is 29.6 Å². The summed E-state index contributed by atoms with van der Waals surface area (Å²) in [6.07, 6.45) is 5.08. The molecule has 1 aliphatic carbocycles. The monoisotopic (exact) mass is 383 g/mol. The highest BCUT2D eigenvalue weighted by molar-refractivity contribution is 6.24. The van der Waals surface area contributed by atoms with Crippen LogP contribution in [-0.4, -0.2) is 13.0 Å². The van der Waals surface area contributed by atoms with Crippen molar-refractivity contribution in [3.8, 4) is 5.75 Å². The Labute approximate surface area is 172 Å². The van der Waals surface area contributed by atoms with Gasteiger partial charge >= 0.3 is 0 Å². The zero-order chi connectivity index (χ0) is 20.1. The molecule has 146 valence electrons. The summed E-state index contributed by atoms with van der Waals surface area (Å²) in [5.41, 5.74) is 5.11. The molecule has 0 bridgehead atoms. The van der Waals surface area contributed by atoms with Crippen LogP contribution in [0.4, 0.5) is 0 Å². The number of benzene rings is 3. The van der Waals surface area contributed by atoms with Gasteiger partial charge in [0.05, 0.1) is 13.2 Å². The highest BCUT2D eigenvalue weighted by atomic mass is 16.5. The van der Waals surface area contributed by atoms with Gasteiger partial charge in [-0.3, -0.25) is 4.79 Å². The second-order valence-corrected chi connectivity index (χ2v) is 7.31. The Morgan fingerprint density at radius 2 is 1.69 bits per heavy atom. The van der Waals surface area contributed by atoms with Crippen LogP contribution in [0, 0.1) is 0 Å². The maximum absolute atomic E-state index is 13.3. The minimum atomic E-state index is -0.0475. The van der Waals surface area contributed by atoms with E-state index in [1.165, 1.54) is 11.1 Å². The van der Waals surface area contributed by atoms with Crippen molar-refractivity contribution in [1.29, 1.82) is 0 Å². The second-order valence-electron chi connectivity index (χ2n) is 7.31. The van der Waals surface area contributed by atoms with Crippen molar-refractivity contribution in [1.82, 2.24) is 5.32 Å². The van der Waals surface area contributed by atoms with Crippen LogP contribution in [-0.2, 0) is 11.2 Å². The van der Waals surface area contributed by atoms with E-state index in [0.717, 1.165) is 36.1 Å². The van der Waals surface area contributed by atoms with Gasteiger partial charge in [-0.05, 0) is 59.7 Å². The number of hydrogen-bond acceptors (Lipinski definition) is 2. The molecule has 0 saturated heterocycles. The Kier molecular flexibility index (Phi) is 5.76. The molecular formula is C26H25NO2. The molecule has 4 rings (SSSR count). The van der Waals surface area contributed by atoms with Crippen LogP contribution in [0.5, 0.6) is 5.75 Å². The first-order valence-corrected chi connectivity index (χ1v) is 10.0. The Morgan fingerprint density at radius 3 is 2.45 bits per heavy atom. The summed E-state index contributed by atoms with van der Waals surface area (Å²) < 4.78 is 5.24. The maximum Gasteiger partial charge on any atom is 0.252 e. The van der Waals surface area contributed by atoms with E-state index in [4.69, 9.17) is 4.74 Å². The Balaban J connectivity index is 1.65. The van der Waals surface area contributed by atoms with Crippen LogP contribution < -0.4 is 10.1 Å².